The minimum Gasteiger partial charge on any atom is -0.420 e. The van der Waals surface area contributed by atoms with Crippen LogP contribution in [-0.4, -0.2) is 15.1 Å². The first-order valence-corrected chi connectivity index (χ1v) is 7.56. The zero-order valence-corrected chi connectivity index (χ0v) is 12.5. The van der Waals surface area contributed by atoms with E-state index in [4.69, 9.17) is 4.42 Å². The van der Waals surface area contributed by atoms with E-state index in [0.717, 1.165) is 0 Å². The van der Waals surface area contributed by atoms with Gasteiger partial charge in [-0.3, -0.25) is 10.1 Å². The van der Waals surface area contributed by atoms with Crippen LogP contribution in [0.3, 0.4) is 0 Å². The van der Waals surface area contributed by atoms with E-state index in [2.05, 4.69) is 10.2 Å². The van der Waals surface area contributed by atoms with Gasteiger partial charge in [-0.05, 0) is 24.3 Å². The predicted octanol–water partition coefficient (Wildman–Crippen LogP) is 4.08. The second-order valence-corrected chi connectivity index (χ2v) is 5.54. The highest BCUT2D eigenvalue weighted by Crippen LogP contribution is 2.26. The minimum absolute atomic E-state index is 0.0106. The number of aromatic nitrogens is 2. The Kier molecular flexibility index (Phi) is 4.33. The summed E-state index contributed by atoms with van der Waals surface area (Å²) >= 11 is 1.25. The molecule has 0 bridgehead atoms. The normalized spacial score (nSPS) is 10.7. The summed E-state index contributed by atoms with van der Waals surface area (Å²) < 4.78 is 19.0. The molecule has 0 spiro atoms. The molecule has 23 heavy (non-hydrogen) atoms. The van der Waals surface area contributed by atoms with Crippen LogP contribution in [0.1, 0.15) is 5.89 Å². The van der Waals surface area contributed by atoms with E-state index in [9.17, 15) is 14.5 Å². The Morgan fingerprint density at radius 2 is 1.87 bits per heavy atom. The third kappa shape index (κ3) is 3.54. The lowest BCUT2D eigenvalue weighted by atomic mass is 10.2. The van der Waals surface area contributed by atoms with E-state index in [1.165, 1.54) is 30.0 Å². The number of hydrogen-bond acceptors (Lipinski definition) is 6. The van der Waals surface area contributed by atoms with Crippen LogP contribution >= 0.6 is 11.8 Å². The minimum atomic E-state index is -0.478. The Morgan fingerprint density at radius 3 is 2.57 bits per heavy atom. The van der Waals surface area contributed by atoms with Crippen LogP contribution in [0, 0.1) is 15.9 Å². The average Bonchev–Trinajstić information content (AvgIpc) is 3.03. The molecule has 0 unspecified atom stereocenters. The molecule has 0 saturated heterocycles. The molecule has 0 saturated carbocycles. The van der Waals surface area contributed by atoms with Gasteiger partial charge in [-0.1, -0.05) is 12.1 Å². The molecule has 6 nitrogen and oxygen atoms in total. The molecule has 0 amide bonds. The first kappa shape index (κ1) is 15.2. The maximum absolute atomic E-state index is 13.5. The third-order valence-electron chi connectivity index (χ3n) is 2.98. The number of hydrogen-bond donors (Lipinski definition) is 0. The van der Waals surface area contributed by atoms with Crippen LogP contribution in [0.25, 0.3) is 11.5 Å². The lowest BCUT2D eigenvalue weighted by molar-refractivity contribution is -0.384. The molecule has 0 atom stereocenters. The fourth-order valence-corrected chi connectivity index (χ4v) is 2.63. The van der Waals surface area contributed by atoms with Crippen molar-refractivity contribution in [2.24, 2.45) is 0 Å². The van der Waals surface area contributed by atoms with Gasteiger partial charge in [0.25, 0.3) is 5.69 Å². The summed E-state index contributed by atoms with van der Waals surface area (Å²) in [6.45, 7) is 0. The maximum atomic E-state index is 13.5. The Morgan fingerprint density at radius 1 is 1.13 bits per heavy atom. The fourth-order valence-electron chi connectivity index (χ4n) is 1.86. The van der Waals surface area contributed by atoms with Crippen LogP contribution in [-0.2, 0) is 5.75 Å². The van der Waals surface area contributed by atoms with Crippen LogP contribution < -0.4 is 0 Å². The summed E-state index contributed by atoms with van der Waals surface area (Å²) in [7, 11) is 0. The number of benzene rings is 2. The molecule has 8 heteroatoms. The number of nitro groups is 1. The largest absolute Gasteiger partial charge is 0.420 e. The standard InChI is InChI=1S/C15H10FN3O3S/c16-12-3-1-2-4-13(12)23-9-14-17-18-15(22-14)10-5-7-11(8-6-10)19(20)21/h1-8H,9H2. The summed E-state index contributed by atoms with van der Waals surface area (Å²) in [5.41, 5.74) is 0.578. The number of rotatable bonds is 5. The number of thioether (sulfide) groups is 1. The van der Waals surface area contributed by atoms with Crippen molar-refractivity contribution in [3.63, 3.8) is 0 Å². The zero-order valence-electron chi connectivity index (χ0n) is 11.7. The van der Waals surface area contributed by atoms with Gasteiger partial charge in [0, 0.05) is 22.6 Å². The van der Waals surface area contributed by atoms with E-state index in [1.807, 2.05) is 0 Å². The molecular weight excluding hydrogens is 321 g/mol. The number of nitro benzene ring substituents is 1. The van der Waals surface area contributed by atoms with Gasteiger partial charge in [0.15, 0.2) is 0 Å². The molecule has 1 heterocycles. The highest BCUT2D eigenvalue weighted by atomic mass is 32.2. The molecule has 0 aliphatic rings. The summed E-state index contributed by atoms with van der Waals surface area (Å²) in [5.74, 6) is 0.657. The Hall–Kier alpha value is -2.74. The monoisotopic (exact) mass is 331 g/mol. The molecule has 1 aromatic heterocycles. The van der Waals surface area contributed by atoms with Crippen LogP contribution in [0.5, 0.6) is 0 Å². The van der Waals surface area contributed by atoms with Crippen molar-refractivity contribution in [3.05, 3.63) is 70.4 Å². The van der Waals surface area contributed by atoms with E-state index in [-0.39, 0.29) is 17.4 Å². The van der Waals surface area contributed by atoms with Crippen molar-refractivity contribution in [3.8, 4) is 11.5 Å². The Bertz CT molecular complexity index is 836. The lowest BCUT2D eigenvalue weighted by Crippen LogP contribution is -1.87. The van der Waals surface area contributed by atoms with E-state index in [1.54, 1.807) is 30.3 Å². The molecule has 2 aromatic carbocycles. The molecule has 3 aromatic rings. The molecule has 0 radical (unpaired) electrons. The van der Waals surface area contributed by atoms with Crippen LogP contribution in [0.2, 0.25) is 0 Å². The van der Waals surface area contributed by atoms with Crippen molar-refractivity contribution in [1.82, 2.24) is 10.2 Å². The molecule has 3 rings (SSSR count). The number of nitrogens with zero attached hydrogens (tertiary/aromatic N) is 3. The van der Waals surface area contributed by atoms with Gasteiger partial charge in [-0.15, -0.1) is 22.0 Å². The van der Waals surface area contributed by atoms with Gasteiger partial charge in [-0.25, -0.2) is 4.39 Å². The molecular formula is C15H10FN3O3S. The first-order chi connectivity index (χ1) is 11.1. The molecule has 0 fully saturated rings. The summed E-state index contributed by atoms with van der Waals surface area (Å²) in [4.78, 5) is 10.6. The highest BCUT2D eigenvalue weighted by molar-refractivity contribution is 7.98. The smallest absolute Gasteiger partial charge is 0.269 e. The van der Waals surface area contributed by atoms with Gasteiger partial charge >= 0.3 is 0 Å². The van der Waals surface area contributed by atoms with Gasteiger partial charge in [0.2, 0.25) is 11.8 Å². The number of non-ortho nitro benzene ring substituents is 1. The fraction of sp³-hybridized carbons (Fsp3) is 0.0667. The molecule has 0 aliphatic heterocycles. The van der Waals surface area contributed by atoms with Gasteiger partial charge in [0.1, 0.15) is 5.82 Å². The van der Waals surface area contributed by atoms with Crippen molar-refractivity contribution in [2.75, 3.05) is 0 Å². The van der Waals surface area contributed by atoms with Gasteiger partial charge in [-0.2, -0.15) is 0 Å². The van der Waals surface area contributed by atoms with Gasteiger partial charge in [0.05, 0.1) is 10.7 Å². The summed E-state index contributed by atoms with van der Waals surface area (Å²) in [6.07, 6.45) is 0. The highest BCUT2D eigenvalue weighted by Gasteiger charge is 2.12. The Labute approximate surface area is 134 Å². The topological polar surface area (TPSA) is 82.1 Å². The van der Waals surface area contributed by atoms with E-state index < -0.39 is 4.92 Å². The Balaban J connectivity index is 1.70. The van der Waals surface area contributed by atoms with E-state index >= 15 is 0 Å². The second-order valence-electron chi connectivity index (χ2n) is 4.52. The SMILES string of the molecule is O=[N+]([O-])c1ccc(-c2nnc(CSc3ccccc3F)o2)cc1. The predicted molar refractivity (Wildman–Crippen MR) is 82.3 cm³/mol. The zero-order chi connectivity index (χ0) is 16.2. The summed E-state index contributed by atoms with van der Waals surface area (Å²) in [5, 5.41) is 18.4. The third-order valence-corrected chi connectivity index (χ3v) is 4.01. The van der Waals surface area contributed by atoms with Crippen LogP contribution in [0.15, 0.2) is 57.8 Å². The quantitative estimate of drug-likeness (QED) is 0.398. The first-order valence-electron chi connectivity index (χ1n) is 6.58. The average molecular weight is 331 g/mol. The van der Waals surface area contributed by atoms with Crippen LogP contribution in [0.4, 0.5) is 10.1 Å². The molecule has 0 N–H and O–H groups in total. The van der Waals surface area contributed by atoms with E-state index in [0.29, 0.717) is 22.1 Å². The van der Waals surface area contributed by atoms with Crippen molar-refractivity contribution in [1.29, 1.82) is 0 Å². The van der Waals surface area contributed by atoms with Crippen molar-refractivity contribution < 1.29 is 13.7 Å². The molecule has 116 valence electrons. The van der Waals surface area contributed by atoms with Gasteiger partial charge < -0.3 is 4.42 Å². The summed E-state index contributed by atoms with van der Waals surface area (Å²) in [6, 6.07) is 12.3. The maximum Gasteiger partial charge on any atom is 0.269 e. The molecule has 0 aliphatic carbocycles. The lowest BCUT2D eigenvalue weighted by Gasteiger charge is -1.99. The number of halogens is 1. The van der Waals surface area contributed by atoms with Crippen molar-refractivity contribution in [2.45, 2.75) is 10.6 Å². The van der Waals surface area contributed by atoms with Crippen molar-refractivity contribution >= 4 is 17.4 Å². The second kappa shape index (κ2) is 6.57.